The van der Waals surface area contributed by atoms with Crippen molar-refractivity contribution >= 4 is 21.4 Å². The van der Waals surface area contributed by atoms with Crippen LogP contribution in [-0.2, 0) is 20.4 Å². The number of benzene rings is 2. The van der Waals surface area contributed by atoms with Crippen LogP contribution in [0.5, 0.6) is 0 Å². The van der Waals surface area contributed by atoms with E-state index in [1.807, 2.05) is 38.1 Å². The van der Waals surface area contributed by atoms with Crippen molar-refractivity contribution in [2.24, 2.45) is 0 Å². The molecule has 0 saturated carbocycles. The highest BCUT2D eigenvalue weighted by molar-refractivity contribution is 7.92. The molecule has 1 unspecified atom stereocenters. The number of hydrogen-bond acceptors (Lipinski definition) is 3. The number of carbonyl (C=O) groups excluding carboxylic acids is 1. The van der Waals surface area contributed by atoms with E-state index in [1.54, 1.807) is 24.3 Å². The molecule has 1 atom stereocenters. The summed E-state index contributed by atoms with van der Waals surface area (Å²) in [5, 5.41) is 1.58. The average Bonchev–Trinajstić information content (AvgIpc) is 2.51. The number of amides is 1. The van der Waals surface area contributed by atoms with E-state index in [1.165, 1.54) is 6.92 Å². The summed E-state index contributed by atoms with van der Waals surface area (Å²) in [6.45, 7) is 5.23. The van der Waals surface area contributed by atoms with E-state index in [9.17, 15) is 13.2 Å². The summed E-state index contributed by atoms with van der Waals surface area (Å²) in [6, 6.07) is 14.6. The standard InChI is InChI=1S/C18H21NO3S/c1-13-8-10-16(11-9-13)12-23(21,22)15(3)18(20)19-17-7-5-4-6-14(17)2/h4-11,15H,12H2,1-3H3,(H,19,20). The van der Waals surface area contributed by atoms with E-state index >= 15 is 0 Å². The first-order valence-electron chi connectivity index (χ1n) is 7.43. The quantitative estimate of drug-likeness (QED) is 0.915. The van der Waals surface area contributed by atoms with Gasteiger partial charge in [0.05, 0.1) is 5.75 Å². The third-order valence-electron chi connectivity index (χ3n) is 3.80. The van der Waals surface area contributed by atoms with Crippen LogP contribution >= 0.6 is 0 Å². The first-order chi connectivity index (χ1) is 10.8. The number of anilines is 1. The number of sulfone groups is 1. The normalized spacial score (nSPS) is 12.7. The maximum atomic E-state index is 12.4. The Morgan fingerprint density at radius 3 is 2.26 bits per heavy atom. The van der Waals surface area contributed by atoms with Crippen LogP contribution in [0.15, 0.2) is 48.5 Å². The van der Waals surface area contributed by atoms with Crippen molar-refractivity contribution in [2.45, 2.75) is 31.8 Å². The smallest absolute Gasteiger partial charge is 0.242 e. The fourth-order valence-electron chi connectivity index (χ4n) is 2.15. The van der Waals surface area contributed by atoms with Crippen LogP contribution in [0.25, 0.3) is 0 Å². The van der Waals surface area contributed by atoms with Crippen molar-refractivity contribution in [2.75, 3.05) is 5.32 Å². The molecular formula is C18H21NO3S. The van der Waals surface area contributed by atoms with Crippen molar-refractivity contribution in [3.8, 4) is 0 Å². The zero-order chi connectivity index (χ0) is 17.0. The molecule has 0 saturated heterocycles. The minimum Gasteiger partial charge on any atom is -0.325 e. The van der Waals surface area contributed by atoms with Crippen LogP contribution in [0, 0.1) is 13.8 Å². The molecule has 0 aliphatic rings. The van der Waals surface area contributed by atoms with Crippen molar-refractivity contribution in [3.05, 3.63) is 65.2 Å². The monoisotopic (exact) mass is 331 g/mol. The zero-order valence-electron chi connectivity index (χ0n) is 13.5. The van der Waals surface area contributed by atoms with Gasteiger partial charge in [-0.2, -0.15) is 0 Å². The predicted molar refractivity (Wildman–Crippen MR) is 93.1 cm³/mol. The van der Waals surface area contributed by atoms with Crippen molar-refractivity contribution in [3.63, 3.8) is 0 Å². The summed E-state index contributed by atoms with van der Waals surface area (Å²) < 4.78 is 24.9. The number of aryl methyl sites for hydroxylation is 2. The Hall–Kier alpha value is -2.14. The molecule has 0 aromatic heterocycles. The highest BCUT2D eigenvalue weighted by Gasteiger charge is 2.28. The Morgan fingerprint density at radius 2 is 1.65 bits per heavy atom. The van der Waals surface area contributed by atoms with E-state index in [4.69, 9.17) is 0 Å². The molecule has 1 N–H and O–H groups in total. The van der Waals surface area contributed by atoms with Gasteiger partial charge in [0, 0.05) is 5.69 Å². The van der Waals surface area contributed by atoms with Crippen molar-refractivity contribution in [1.82, 2.24) is 0 Å². The number of carbonyl (C=O) groups is 1. The Labute approximate surface area is 137 Å². The summed E-state index contributed by atoms with van der Waals surface area (Å²) >= 11 is 0. The predicted octanol–water partition coefficient (Wildman–Crippen LogP) is 3.25. The molecule has 0 aliphatic heterocycles. The second kappa shape index (κ2) is 6.96. The molecule has 0 heterocycles. The van der Waals surface area contributed by atoms with Gasteiger partial charge in [-0.25, -0.2) is 8.42 Å². The van der Waals surface area contributed by atoms with Crippen LogP contribution in [0.4, 0.5) is 5.69 Å². The molecular weight excluding hydrogens is 310 g/mol. The van der Waals surface area contributed by atoms with Gasteiger partial charge in [-0.15, -0.1) is 0 Å². The van der Waals surface area contributed by atoms with Crippen LogP contribution in [0.3, 0.4) is 0 Å². The SMILES string of the molecule is Cc1ccc(CS(=O)(=O)C(C)C(=O)Nc2ccccc2C)cc1. The number of nitrogens with one attached hydrogen (secondary N) is 1. The van der Waals surface area contributed by atoms with Crippen molar-refractivity contribution < 1.29 is 13.2 Å². The molecule has 2 aromatic rings. The summed E-state index contributed by atoms with van der Waals surface area (Å²) in [5.41, 5.74) is 3.28. The third-order valence-corrected chi connectivity index (χ3v) is 5.83. The highest BCUT2D eigenvalue weighted by Crippen LogP contribution is 2.17. The van der Waals surface area contributed by atoms with E-state index in [0.29, 0.717) is 11.3 Å². The Bertz CT molecular complexity index is 795. The van der Waals surface area contributed by atoms with Gasteiger partial charge in [0.15, 0.2) is 9.84 Å². The third kappa shape index (κ3) is 4.42. The summed E-state index contributed by atoms with van der Waals surface area (Å²) in [7, 11) is -3.57. The fraction of sp³-hybridized carbons (Fsp3) is 0.278. The Morgan fingerprint density at radius 1 is 1.04 bits per heavy atom. The molecule has 0 bridgehead atoms. The second-order valence-electron chi connectivity index (χ2n) is 5.74. The molecule has 0 fully saturated rings. The van der Waals surface area contributed by atoms with Gasteiger partial charge in [0.25, 0.3) is 0 Å². The van der Waals surface area contributed by atoms with Gasteiger partial charge in [0.2, 0.25) is 5.91 Å². The first-order valence-corrected chi connectivity index (χ1v) is 9.15. The Kier molecular flexibility index (Phi) is 5.21. The lowest BCUT2D eigenvalue weighted by Gasteiger charge is -2.14. The first kappa shape index (κ1) is 17.2. The van der Waals surface area contributed by atoms with Crippen LogP contribution in [0.1, 0.15) is 23.6 Å². The number of para-hydroxylation sites is 1. The van der Waals surface area contributed by atoms with Gasteiger partial charge in [0.1, 0.15) is 5.25 Å². The van der Waals surface area contributed by atoms with Gasteiger partial charge in [-0.05, 0) is 38.0 Å². The molecule has 0 spiro atoms. The maximum absolute atomic E-state index is 12.4. The van der Waals surface area contributed by atoms with Gasteiger partial charge < -0.3 is 5.32 Å². The Balaban J connectivity index is 2.11. The summed E-state index contributed by atoms with van der Waals surface area (Å²) in [4.78, 5) is 12.3. The lowest BCUT2D eigenvalue weighted by molar-refractivity contribution is -0.115. The average molecular weight is 331 g/mol. The van der Waals surface area contributed by atoms with E-state index in [0.717, 1.165) is 11.1 Å². The largest absolute Gasteiger partial charge is 0.325 e. The lowest BCUT2D eigenvalue weighted by Crippen LogP contribution is -2.33. The van der Waals surface area contributed by atoms with Crippen LogP contribution < -0.4 is 5.32 Å². The minimum atomic E-state index is -3.57. The minimum absolute atomic E-state index is 0.143. The molecule has 1 amide bonds. The fourth-order valence-corrected chi connectivity index (χ4v) is 3.44. The summed E-state index contributed by atoms with van der Waals surface area (Å²) in [6.07, 6.45) is 0. The topological polar surface area (TPSA) is 63.2 Å². The van der Waals surface area contributed by atoms with Crippen LogP contribution in [-0.4, -0.2) is 19.6 Å². The van der Waals surface area contributed by atoms with E-state index in [-0.39, 0.29) is 5.75 Å². The van der Waals surface area contributed by atoms with Crippen LogP contribution in [0.2, 0.25) is 0 Å². The molecule has 122 valence electrons. The van der Waals surface area contributed by atoms with Crippen molar-refractivity contribution in [1.29, 1.82) is 0 Å². The number of rotatable bonds is 5. The molecule has 23 heavy (non-hydrogen) atoms. The number of hydrogen-bond donors (Lipinski definition) is 1. The van der Waals surface area contributed by atoms with Gasteiger partial charge >= 0.3 is 0 Å². The zero-order valence-corrected chi connectivity index (χ0v) is 14.4. The van der Waals surface area contributed by atoms with Gasteiger partial charge in [-0.3, -0.25) is 4.79 Å². The van der Waals surface area contributed by atoms with Gasteiger partial charge in [-0.1, -0.05) is 48.0 Å². The van der Waals surface area contributed by atoms with E-state index in [2.05, 4.69) is 5.32 Å². The highest BCUT2D eigenvalue weighted by atomic mass is 32.2. The molecule has 4 nitrogen and oxygen atoms in total. The molecule has 5 heteroatoms. The second-order valence-corrected chi connectivity index (χ2v) is 8.06. The maximum Gasteiger partial charge on any atom is 0.242 e. The summed E-state index contributed by atoms with van der Waals surface area (Å²) in [5.74, 6) is -0.651. The molecule has 2 rings (SSSR count). The van der Waals surface area contributed by atoms with E-state index < -0.39 is 21.0 Å². The lowest BCUT2D eigenvalue weighted by atomic mass is 10.2. The molecule has 0 radical (unpaired) electrons. The molecule has 2 aromatic carbocycles. The molecule has 0 aliphatic carbocycles.